The lowest BCUT2D eigenvalue weighted by Gasteiger charge is -2.22. The van der Waals surface area contributed by atoms with E-state index < -0.39 is 21.6 Å². The van der Waals surface area contributed by atoms with Crippen LogP contribution in [0.1, 0.15) is 24.0 Å². The number of hydrogen-bond acceptors (Lipinski definition) is 4. The van der Waals surface area contributed by atoms with Crippen LogP contribution in [0.2, 0.25) is 0 Å². The second kappa shape index (κ2) is 6.75. The van der Waals surface area contributed by atoms with Crippen molar-refractivity contribution < 1.29 is 22.7 Å². The molecule has 122 valence electrons. The molecule has 0 spiro atoms. The molecule has 1 atom stereocenters. The highest BCUT2D eigenvalue weighted by atomic mass is 32.2. The summed E-state index contributed by atoms with van der Waals surface area (Å²) in [7, 11) is -3.58. The number of sulfone groups is 1. The monoisotopic (exact) mass is 329 g/mol. The number of aliphatic carboxylic acids is 1. The maximum absolute atomic E-state index is 13.4. The van der Waals surface area contributed by atoms with Crippen molar-refractivity contribution in [3.05, 3.63) is 35.1 Å². The van der Waals surface area contributed by atoms with Gasteiger partial charge in [0.2, 0.25) is 0 Å². The first-order valence-corrected chi connectivity index (χ1v) is 9.02. The fourth-order valence-corrected chi connectivity index (χ4v) is 3.90. The van der Waals surface area contributed by atoms with Crippen LogP contribution in [0.25, 0.3) is 0 Å². The summed E-state index contributed by atoms with van der Waals surface area (Å²) in [4.78, 5) is 12.5. The average molecular weight is 329 g/mol. The Morgan fingerprint density at radius 2 is 2.18 bits per heavy atom. The third kappa shape index (κ3) is 4.51. The van der Waals surface area contributed by atoms with E-state index in [9.17, 15) is 17.6 Å². The molecule has 1 aliphatic rings. The summed E-state index contributed by atoms with van der Waals surface area (Å²) in [5, 5.41) is 8.59. The van der Waals surface area contributed by atoms with Gasteiger partial charge >= 0.3 is 5.97 Å². The van der Waals surface area contributed by atoms with Gasteiger partial charge in [0.15, 0.2) is 9.84 Å². The highest BCUT2D eigenvalue weighted by molar-refractivity contribution is 7.92. The van der Waals surface area contributed by atoms with E-state index in [4.69, 9.17) is 5.11 Å². The van der Waals surface area contributed by atoms with Gasteiger partial charge in [0, 0.05) is 19.6 Å². The number of benzene rings is 1. The molecule has 1 unspecified atom stereocenters. The predicted octanol–water partition coefficient (Wildman–Crippen LogP) is 1.29. The van der Waals surface area contributed by atoms with E-state index in [1.165, 1.54) is 6.07 Å². The van der Waals surface area contributed by atoms with E-state index in [1.54, 1.807) is 12.1 Å². The third-order valence-corrected chi connectivity index (χ3v) is 5.42. The second-order valence-corrected chi connectivity index (χ2v) is 7.96. The molecule has 1 aliphatic heterocycles. The molecule has 1 aromatic rings. The summed E-state index contributed by atoms with van der Waals surface area (Å²) in [6.45, 7) is 3.61. The van der Waals surface area contributed by atoms with Crippen LogP contribution in [0.4, 0.5) is 4.39 Å². The number of carboxylic acids is 1. The number of hydrogen-bond donors (Lipinski definition) is 1. The maximum Gasteiger partial charge on any atom is 0.318 e. The standard InChI is InChI=1S/C15H20FNO4S/c1-11-9-17(6-7-22(20,21)10-15(18)19)5-4-12-2-3-13(16)8-14(11)12/h2-3,8,11H,4-7,9-10H2,1H3,(H,18,19). The van der Waals surface area contributed by atoms with E-state index in [2.05, 4.69) is 0 Å². The summed E-state index contributed by atoms with van der Waals surface area (Å²) in [6, 6.07) is 4.77. The first kappa shape index (κ1) is 16.9. The van der Waals surface area contributed by atoms with Crippen molar-refractivity contribution in [1.29, 1.82) is 0 Å². The van der Waals surface area contributed by atoms with Gasteiger partial charge in [-0.1, -0.05) is 13.0 Å². The first-order valence-electron chi connectivity index (χ1n) is 7.20. The largest absolute Gasteiger partial charge is 0.480 e. The first-order chi connectivity index (χ1) is 10.3. The topological polar surface area (TPSA) is 74.7 Å². The number of fused-ring (bicyclic) bond motifs is 1. The Balaban J connectivity index is 2.01. The fourth-order valence-electron chi connectivity index (χ4n) is 2.84. The Bertz CT molecular complexity index is 660. The van der Waals surface area contributed by atoms with Gasteiger partial charge in [-0.15, -0.1) is 0 Å². The van der Waals surface area contributed by atoms with Crippen LogP contribution in [-0.2, 0) is 21.1 Å². The van der Waals surface area contributed by atoms with Crippen molar-refractivity contribution >= 4 is 15.8 Å². The summed E-state index contributed by atoms with van der Waals surface area (Å²) in [5.74, 6) is -2.48. The Labute approximate surface area is 129 Å². The normalized spacial score (nSPS) is 19.5. The molecule has 0 fully saturated rings. The van der Waals surface area contributed by atoms with Gasteiger partial charge < -0.3 is 10.0 Å². The van der Waals surface area contributed by atoms with E-state index in [1.807, 2.05) is 11.8 Å². The minimum atomic E-state index is -3.58. The van der Waals surface area contributed by atoms with Crippen molar-refractivity contribution in [1.82, 2.24) is 4.90 Å². The molecule has 0 bridgehead atoms. The second-order valence-electron chi connectivity index (χ2n) is 5.78. The molecule has 1 heterocycles. The third-order valence-electron chi connectivity index (χ3n) is 3.93. The zero-order valence-corrected chi connectivity index (χ0v) is 13.3. The fraction of sp³-hybridized carbons (Fsp3) is 0.533. The molecule has 22 heavy (non-hydrogen) atoms. The number of rotatable bonds is 5. The minimum Gasteiger partial charge on any atom is -0.480 e. The highest BCUT2D eigenvalue weighted by Crippen LogP contribution is 2.26. The maximum atomic E-state index is 13.4. The van der Waals surface area contributed by atoms with Crippen LogP contribution in [0, 0.1) is 5.82 Å². The predicted molar refractivity (Wildman–Crippen MR) is 81.2 cm³/mol. The molecular weight excluding hydrogens is 309 g/mol. The number of nitrogens with zero attached hydrogens (tertiary/aromatic N) is 1. The van der Waals surface area contributed by atoms with E-state index in [0.717, 1.165) is 17.5 Å². The molecule has 0 aromatic heterocycles. The van der Waals surface area contributed by atoms with E-state index in [0.29, 0.717) is 19.6 Å². The van der Waals surface area contributed by atoms with Crippen LogP contribution >= 0.6 is 0 Å². The lowest BCUT2D eigenvalue weighted by Crippen LogP contribution is -2.34. The summed E-state index contributed by atoms with van der Waals surface area (Å²) >= 11 is 0. The van der Waals surface area contributed by atoms with Gasteiger partial charge in [0.05, 0.1) is 5.75 Å². The van der Waals surface area contributed by atoms with Gasteiger partial charge in [-0.3, -0.25) is 4.79 Å². The van der Waals surface area contributed by atoms with Crippen LogP contribution < -0.4 is 0 Å². The SMILES string of the molecule is CC1CN(CCS(=O)(=O)CC(=O)O)CCc2ccc(F)cc21. The lowest BCUT2D eigenvalue weighted by molar-refractivity contribution is -0.134. The molecule has 1 N–H and O–H groups in total. The van der Waals surface area contributed by atoms with E-state index in [-0.39, 0.29) is 17.5 Å². The smallest absolute Gasteiger partial charge is 0.318 e. The van der Waals surface area contributed by atoms with Gasteiger partial charge in [0.25, 0.3) is 0 Å². The van der Waals surface area contributed by atoms with Crippen molar-refractivity contribution in [2.45, 2.75) is 19.3 Å². The Morgan fingerprint density at radius 1 is 1.45 bits per heavy atom. The summed E-state index contributed by atoms with van der Waals surface area (Å²) in [6.07, 6.45) is 0.735. The van der Waals surface area contributed by atoms with Crippen molar-refractivity contribution in [3.63, 3.8) is 0 Å². The van der Waals surface area contributed by atoms with Gasteiger partial charge in [0.1, 0.15) is 11.6 Å². The van der Waals surface area contributed by atoms with Crippen molar-refractivity contribution in [3.8, 4) is 0 Å². The quantitative estimate of drug-likeness (QED) is 0.881. The molecule has 0 saturated heterocycles. The Kier molecular flexibility index (Phi) is 5.18. The zero-order chi connectivity index (χ0) is 16.3. The molecule has 7 heteroatoms. The number of halogens is 1. The molecule has 1 aromatic carbocycles. The molecule has 5 nitrogen and oxygen atoms in total. The number of carbonyl (C=O) groups is 1. The Hall–Kier alpha value is -1.47. The van der Waals surface area contributed by atoms with Gasteiger partial charge in [-0.25, -0.2) is 12.8 Å². The lowest BCUT2D eigenvalue weighted by atomic mass is 9.95. The van der Waals surface area contributed by atoms with Crippen molar-refractivity contribution in [2.75, 3.05) is 31.1 Å². The molecule has 2 rings (SSSR count). The van der Waals surface area contributed by atoms with E-state index >= 15 is 0 Å². The average Bonchev–Trinajstić information content (AvgIpc) is 2.55. The number of carboxylic acid groups (broad SMARTS) is 1. The molecule has 0 saturated carbocycles. The summed E-state index contributed by atoms with van der Waals surface area (Å²) in [5.41, 5.74) is 2.06. The minimum absolute atomic E-state index is 0.107. The van der Waals surface area contributed by atoms with Crippen LogP contribution in [0.5, 0.6) is 0 Å². The molecule has 0 amide bonds. The zero-order valence-electron chi connectivity index (χ0n) is 12.5. The van der Waals surface area contributed by atoms with Gasteiger partial charge in [-0.05, 0) is 35.6 Å². The van der Waals surface area contributed by atoms with Crippen LogP contribution in [-0.4, -0.2) is 55.5 Å². The van der Waals surface area contributed by atoms with Gasteiger partial charge in [-0.2, -0.15) is 0 Å². The van der Waals surface area contributed by atoms with Crippen LogP contribution in [0.3, 0.4) is 0 Å². The molecule has 0 radical (unpaired) electrons. The summed E-state index contributed by atoms with van der Waals surface area (Å²) < 4.78 is 36.7. The van der Waals surface area contributed by atoms with Crippen molar-refractivity contribution in [2.24, 2.45) is 0 Å². The molecular formula is C15H20FNO4S. The molecule has 0 aliphatic carbocycles. The highest BCUT2D eigenvalue weighted by Gasteiger charge is 2.23. The van der Waals surface area contributed by atoms with Crippen LogP contribution in [0.15, 0.2) is 18.2 Å². The Morgan fingerprint density at radius 3 is 2.86 bits per heavy atom.